The number of nitrogens with zero attached hydrogens (tertiary/aromatic N) is 1. The standard InChI is InChI=1S/C12H16ClNO2/c1-8-4-5-10(11(13)6-8)12(16)14(3)9(2)7-15/h4-6,9,15H,7H2,1-3H3. The van der Waals surface area contributed by atoms with E-state index in [-0.39, 0.29) is 18.6 Å². The van der Waals surface area contributed by atoms with E-state index in [2.05, 4.69) is 0 Å². The fraction of sp³-hybridized carbons (Fsp3) is 0.417. The first-order chi connectivity index (χ1) is 7.47. The minimum absolute atomic E-state index is 0.0638. The number of amides is 1. The minimum Gasteiger partial charge on any atom is -0.394 e. The number of hydrogen-bond donors (Lipinski definition) is 1. The maximum Gasteiger partial charge on any atom is 0.255 e. The van der Waals surface area contributed by atoms with Crippen molar-refractivity contribution < 1.29 is 9.90 Å². The van der Waals surface area contributed by atoms with Crippen LogP contribution in [-0.2, 0) is 0 Å². The molecule has 88 valence electrons. The van der Waals surface area contributed by atoms with Gasteiger partial charge in [-0.1, -0.05) is 17.7 Å². The lowest BCUT2D eigenvalue weighted by atomic mass is 10.1. The molecule has 1 amide bonds. The van der Waals surface area contributed by atoms with Crippen LogP contribution < -0.4 is 0 Å². The highest BCUT2D eigenvalue weighted by Crippen LogP contribution is 2.19. The number of carbonyl (C=O) groups is 1. The Bertz CT molecular complexity index is 393. The van der Waals surface area contributed by atoms with Crippen LogP contribution in [0.3, 0.4) is 0 Å². The first-order valence-electron chi connectivity index (χ1n) is 5.11. The molecule has 0 bridgehead atoms. The second-order valence-corrected chi connectivity index (χ2v) is 4.34. The Balaban J connectivity index is 2.96. The molecule has 3 nitrogen and oxygen atoms in total. The maximum absolute atomic E-state index is 12.0. The van der Waals surface area contributed by atoms with Gasteiger partial charge in [-0.15, -0.1) is 0 Å². The Morgan fingerprint density at radius 3 is 2.69 bits per heavy atom. The molecular formula is C12H16ClNO2. The Kier molecular flexibility index (Phi) is 4.33. The predicted octanol–water partition coefficient (Wildman–Crippen LogP) is 2.10. The largest absolute Gasteiger partial charge is 0.394 e. The van der Waals surface area contributed by atoms with E-state index in [0.29, 0.717) is 10.6 Å². The van der Waals surface area contributed by atoms with Crippen LogP contribution >= 0.6 is 11.6 Å². The van der Waals surface area contributed by atoms with E-state index in [1.54, 1.807) is 26.1 Å². The molecule has 4 heteroatoms. The molecule has 1 rings (SSSR count). The van der Waals surface area contributed by atoms with Gasteiger partial charge in [-0.05, 0) is 31.5 Å². The summed E-state index contributed by atoms with van der Waals surface area (Å²) in [7, 11) is 1.65. The summed E-state index contributed by atoms with van der Waals surface area (Å²) in [6, 6.07) is 5.09. The molecule has 0 aliphatic carbocycles. The van der Waals surface area contributed by atoms with Gasteiger partial charge < -0.3 is 10.0 Å². The summed E-state index contributed by atoms with van der Waals surface area (Å²) in [6.07, 6.45) is 0. The van der Waals surface area contributed by atoms with Gasteiger partial charge in [0.15, 0.2) is 0 Å². The van der Waals surface area contributed by atoms with Crippen molar-refractivity contribution in [1.82, 2.24) is 4.90 Å². The molecule has 0 aliphatic heterocycles. The van der Waals surface area contributed by atoms with Crippen molar-refractivity contribution in [3.05, 3.63) is 34.3 Å². The van der Waals surface area contributed by atoms with Gasteiger partial charge in [-0.3, -0.25) is 4.79 Å². The zero-order valence-corrected chi connectivity index (χ0v) is 10.5. The first-order valence-corrected chi connectivity index (χ1v) is 5.49. The van der Waals surface area contributed by atoms with Crippen molar-refractivity contribution in [1.29, 1.82) is 0 Å². The molecule has 1 atom stereocenters. The average Bonchev–Trinajstić information content (AvgIpc) is 2.26. The lowest BCUT2D eigenvalue weighted by Crippen LogP contribution is -2.37. The lowest BCUT2D eigenvalue weighted by Gasteiger charge is -2.23. The van der Waals surface area contributed by atoms with Gasteiger partial charge in [0.2, 0.25) is 0 Å². The number of hydrogen-bond acceptors (Lipinski definition) is 2. The third-order valence-electron chi connectivity index (χ3n) is 2.60. The maximum atomic E-state index is 12.0. The highest BCUT2D eigenvalue weighted by atomic mass is 35.5. The van der Waals surface area contributed by atoms with Crippen molar-refractivity contribution >= 4 is 17.5 Å². The number of aliphatic hydroxyl groups excluding tert-OH is 1. The first kappa shape index (κ1) is 13.0. The molecule has 1 N–H and O–H groups in total. The fourth-order valence-corrected chi connectivity index (χ4v) is 1.62. The van der Waals surface area contributed by atoms with Gasteiger partial charge in [0.1, 0.15) is 0 Å². The minimum atomic E-state index is -0.218. The van der Waals surface area contributed by atoms with Gasteiger partial charge in [-0.25, -0.2) is 0 Å². The van der Waals surface area contributed by atoms with Crippen molar-refractivity contribution in [2.45, 2.75) is 19.9 Å². The van der Waals surface area contributed by atoms with Gasteiger partial charge in [-0.2, -0.15) is 0 Å². The van der Waals surface area contributed by atoms with Crippen molar-refractivity contribution in [3.63, 3.8) is 0 Å². The summed E-state index contributed by atoms with van der Waals surface area (Å²) in [5, 5.41) is 9.43. The number of carbonyl (C=O) groups excluding carboxylic acids is 1. The number of benzene rings is 1. The molecular weight excluding hydrogens is 226 g/mol. The molecule has 16 heavy (non-hydrogen) atoms. The van der Waals surface area contributed by atoms with Crippen LogP contribution in [0.15, 0.2) is 18.2 Å². The molecule has 0 aliphatic rings. The summed E-state index contributed by atoms with van der Waals surface area (Å²) < 4.78 is 0. The Morgan fingerprint density at radius 2 is 2.19 bits per heavy atom. The summed E-state index contributed by atoms with van der Waals surface area (Å²) in [5.74, 6) is -0.174. The van der Waals surface area contributed by atoms with Crippen LogP contribution in [0.2, 0.25) is 5.02 Å². The van der Waals surface area contributed by atoms with Gasteiger partial charge in [0.25, 0.3) is 5.91 Å². The second kappa shape index (κ2) is 5.32. The molecule has 0 saturated heterocycles. The van der Waals surface area contributed by atoms with Gasteiger partial charge >= 0.3 is 0 Å². The van der Waals surface area contributed by atoms with Crippen LogP contribution in [0, 0.1) is 6.92 Å². The highest BCUT2D eigenvalue weighted by Gasteiger charge is 2.18. The molecule has 0 fully saturated rings. The summed E-state index contributed by atoms with van der Waals surface area (Å²) >= 11 is 6.01. The molecule has 1 unspecified atom stereocenters. The number of halogens is 1. The van der Waals surface area contributed by atoms with E-state index in [1.165, 1.54) is 4.90 Å². The Hall–Kier alpha value is -1.06. The molecule has 0 saturated carbocycles. The van der Waals surface area contributed by atoms with E-state index in [9.17, 15) is 4.79 Å². The van der Waals surface area contributed by atoms with Crippen LogP contribution in [0.1, 0.15) is 22.8 Å². The van der Waals surface area contributed by atoms with Gasteiger partial charge in [0, 0.05) is 7.05 Å². The Labute approximate surface area is 101 Å². The summed E-state index contributed by atoms with van der Waals surface area (Å²) in [4.78, 5) is 13.5. The van der Waals surface area contributed by atoms with Crippen LogP contribution in [0.5, 0.6) is 0 Å². The monoisotopic (exact) mass is 241 g/mol. The SMILES string of the molecule is Cc1ccc(C(=O)N(C)C(C)CO)c(Cl)c1. The highest BCUT2D eigenvalue weighted by molar-refractivity contribution is 6.33. The van der Waals surface area contributed by atoms with Crippen molar-refractivity contribution in [2.24, 2.45) is 0 Å². The third-order valence-corrected chi connectivity index (χ3v) is 2.91. The van der Waals surface area contributed by atoms with Crippen LogP contribution in [0.4, 0.5) is 0 Å². The normalized spacial score (nSPS) is 12.3. The zero-order chi connectivity index (χ0) is 12.3. The number of aryl methyl sites for hydroxylation is 1. The average molecular weight is 242 g/mol. The molecule has 0 heterocycles. The molecule has 0 spiro atoms. The quantitative estimate of drug-likeness (QED) is 0.881. The van der Waals surface area contributed by atoms with E-state index in [0.717, 1.165) is 5.56 Å². The number of likely N-dealkylation sites (N-methyl/N-ethyl adjacent to an activating group) is 1. The van der Waals surface area contributed by atoms with Crippen LogP contribution in [0.25, 0.3) is 0 Å². The second-order valence-electron chi connectivity index (χ2n) is 3.93. The van der Waals surface area contributed by atoms with Crippen molar-refractivity contribution in [3.8, 4) is 0 Å². The summed E-state index contributed by atoms with van der Waals surface area (Å²) in [6.45, 7) is 3.63. The molecule has 0 radical (unpaired) electrons. The predicted molar refractivity (Wildman–Crippen MR) is 64.8 cm³/mol. The van der Waals surface area contributed by atoms with Crippen LogP contribution in [-0.4, -0.2) is 35.6 Å². The summed E-state index contributed by atoms with van der Waals surface area (Å²) in [5.41, 5.74) is 1.48. The van der Waals surface area contributed by atoms with E-state index < -0.39 is 0 Å². The molecule has 0 aromatic heterocycles. The number of rotatable bonds is 3. The molecule has 1 aromatic rings. The zero-order valence-electron chi connectivity index (χ0n) is 9.70. The van der Waals surface area contributed by atoms with Gasteiger partial charge in [0.05, 0.1) is 23.2 Å². The smallest absolute Gasteiger partial charge is 0.255 e. The number of aliphatic hydroxyl groups is 1. The van der Waals surface area contributed by atoms with E-state index in [1.807, 2.05) is 13.0 Å². The third kappa shape index (κ3) is 2.74. The Morgan fingerprint density at radius 1 is 1.56 bits per heavy atom. The topological polar surface area (TPSA) is 40.5 Å². The van der Waals surface area contributed by atoms with E-state index in [4.69, 9.17) is 16.7 Å². The van der Waals surface area contributed by atoms with E-state index >= 15 is 0 Å². The lowest BCUT2D eigenvalue weighted by molar-refractivity contribution is 0.0682. The van der Waals surface area contributed by atoms with Crippen molar-refractivity contribution in [2.75, 3.05) is 13.7 Å². The molecule has 1 aromatic carbocycles. The fourth-order valence-electron chi connectivity index (χ4n) is 1.31.